The Morgan fingerprint density at radius 2 is 1.79 bits per heavy atom. The van der Waals surface area contributed by atoms with Crippen LogP contribution in [0.25, 0.3) is 5.69 Å². The second-order valence-electron chi connectivity index (χ2n) is 6.44. The van der Waals surface area contributed by atoms with Crippen LogP contribution in [0.15, 0.2) is 60.8 Å². The summed E-state index contributed by atoms with van der Waals surface area (Å²) in [7, 11) is 0. The third kappa shape index (κ3) is 4.25. The summed E-state index contributed by atoms with van der Waals surface area (Å²) in [6, 6.07) is 15.7. The highest BCUT2D eigenvalue weighted by atomic mass is 19.1. The van der Waals surface area contributed by atoms with Crippen LogP contribution in [0.2, 0.25) is 0 Å². The van der Waals surface area contributed by atoms with Crippen LogP contribution in [-0.4, -0.2) is 33.0 Å². The van der Waals surface area contributed by atoms with Crippen LogP contribution >= 0.6 is 0 Å². The van der Waals surface area contributed by atoms with E-state index in [9.17, 15) is 14.0 Å². The first-order chi connectivity index (χ1) is 13.5. The molecule has 2 aromatic carbocycles. The Labute approximate surface area is 162 Å². The minimum atomic E-state index is -0.482. The van der Waals surface area contributed by atoms with E-state index in [0.29, 0.717) is 17.8 Å². The molecule has 0 saturated heterocycles. The molecule has 7 heteroatoms. The Morgan fingerprint density at radius 3 is 2.46 bits per heavy atom. The third-order valence-corrected chi connectivity index (χ3v) is 4.45. The summed E-state index contributed by atoms with van der Waals surface area (Å²) >= 11 is 0. The molecule has 0 aliphatic heterocycles. The van der Waals surface area contributed by atoms with Crippen LogP contribution in [0.3, 0.4) is 0 Å². The number of aromatic nitrogens is 2. The number of benzene rings is 2. The van der Waals surface area contributed by atoms with Gasteiger partial charge in [-0.2, -0.15) is 5.10 Å². The van der Waals surface area contributed by atoms with E-state index in [1.165, 1.54) is 16.9 Å². The molecule has 2 amide bonds. The van der Waals surface area contributed by atoms with Crippen molar-refractivity contribution in [3.63, 3.8) is 0 Å². The number of carbonyl (C=O) groups is 2. The number of amides is 2. The minimum Gasteiger partial charge on any atom is -0.370 e. The van der Waals surface area contributed by atoms with E-state index in [2.05, 4.69) is 5.10 Å². The molecule has 144 valence electrons. The topological polar surface area (TPSA) is 81.2 Å². The van der Waals surface area contributed by atoms with Gasteiger partial charge in [-0.05, 0) is 24.6 Å². The van der Waals surface area contributed by atoms with Gasteiger partial charge in [0.15, 0.2) is 0 Å². The second-order valence-corrected chi connectivity index (χ2v) is 6.44. The molecule has 3 rings (SSSR count). The van der Waals surface area contributed by atoms with Crippen molar-refractivity contribution in [2.24, 2.45) is 5.73 Å². The molecule has 1 aromatic heterocycles. The number of nitrogens with two attached hydrogens (primary N) is 1. The van der Waals surface area contributed by atoms with Crippen LogP contribution in [0, 0.1) is 12.7 Å². The van der Waals surface area contributed by atoms with Gasteiger partial charge >= 0.3 is 0 Å². The van der Waals surface area contributed by atoms with Crippen LogP contribution in [0.1, 0.15) is 28.0 Å². The Morgan fingerprint density at radius 1 is 1.11 bits per heavy atom. The van der Waals surface area contributed by atoms with Crippen LogP contribution in [-0.2, 0) is 11.3 Å². The molecule has 28 heavy (non-hydrogen) atoms. The van der Waals surface area contributed by atoms with Gasteiger partial charge in [-0.1, -0.05) is 42.5 Å². The lowest BCUT2D eigenvalue weighted by Gasteiger charge is -2.22. The average Bonchev–Trinajstić information content (AvgIpc) is 3.07. The summed E-state index contributed by atoms with van der Waals surface area (Å²) in [5.41, 5.74) is 7.34. The number of carbonyl (C=O) groups excluding carboxylic acids is 2. The first-order valence-corrected chi connectivity index (χ1v) is 8.88. The van der Waals surface area contributed by atoms with Gasteiger partial charge in [0.25, 0.3) is 5.91 Å². The zero-order chi connectivity index (χ0) is 20.1. The zero-order valence-electron chi connectivity index (χ0n) is 15.5. The second kappa shape index (κ2) is 8.47. The molecule has 0 spiro atoms. The molecule has 0 unspecified atom stereocenters. The summed E-state index contributed by atoms with van der Waals surface area (Å²) in [5, 5.41) is 4.19. The first-order valence-electron chi connectivity index (χ1n) is 8.88. The molecular weight excluding hydrogens is 359 g/mol. The Balaban J connectivity index is 1.90. The number of rotatable bonds is 7. The van der Waals surface area contributed by atoms with Crippen LogP contribution in [0.4, 0.5) is 4.39 Å². The van der Waals surface area contributed by atoms with Gasteiger partial charge in [0, 0.05) is 19.5 Å². The highest BCUT2D eigenvalue weighted by molar-refractivity contribution is 5.95. The smallest absolute Gasteiger partial charge is 0.257 e. The van der Waals surface area contributed by atoms with Crippen molar-refractivity contribution in [3.05, 3.63) is 83.4 Å². The average molecular weight is 380 g/mol. The summed E-state index contributed by atoms with van der Waals surface area (Å²) in [4.78, 5) is 25.9. The van der Waals surface area contributed by atoms with Crippen molar-refractivity contribution in [3.8, 4) is 5.69 Å². The number of hydrogen-bond donors (Lipinski definition) is 1. The molecule has 0 aliphatic rings. The van der Waals surface area contributed by atoms with E-state index >= 15 is 0 Å². The number of hydrogen-bond acceptors (Lipinski definition) is 3. The minimum absolute atomic E-state index is 0.0546. The number of para-hydroxylation sites is 1. The summed E-state index contributed by atoms with van der Waals surface area (Å²) in [6.45, 7) is 2.23. The lowest BCUT2D eigenvalue weighted by molar-refractivity contribution is -0.118. The molecule has 6 nitrogen and oxygen atoms in total. The summed E-state index contributed by atoms with van der Waals surface area (Å²) in [5.74, 6) is -1.20. The monoisotopic (exact) mass is 380 g/mol. The predicted octanol–water partition coefficient (Wildman–Crippen LogP) is 2.84. The fourth-order valence-electron chi connectivity index (χ4n) is 2.96. The van der Waals surface area contributed by atoms with E-state index in [0.717, 1.165) is 5.56 Å². The van der Waals surface area contributed by atoms with Crippen molar-refractivity contribution in [2.45, 2.75) is 19.9 Å². The fraction of sp³-hybridized carbons (Fsp3) is 0.190. The lowest BCUT2D eigenvalue weighted by atomic mass is 10.1. The van der Waals surface area contributed by atoms with Gasteiger partial charge in [-0.25, -0.2) is 9.07 Å². The maximum Gasteiger partial charge on any atom is 0.257 e. The number of halogens is 1. The Bertz CT molecular complexity index is 985. The SMILES string of the molecule is Cc1c(C(=O)N(CCC(N)=O)Cc2ccccc2)cnn1-c1ccccc1F. The molecule has 0 bridgehead atoms. The molecule has 2 N–H and O–H groups in total. The van der Waals surface area contributed by atoms with E-state index in [-0.39, 0.29) is 24.6 Å². The van der Waals surface area contributed by atoms with E-state index in [1.54, 1.807) is 30.0 Å². The Hall–Kier alpha value is -3.48. The quantitative estimate of drug-likeness (QED) is 0.684. The molecule has 0 radical (unpaired) electrons. The van der Waals surface area contributed by atoms with Crippen LogP contribution in [0.5, 0.6) is 0 Å². The van der Waals surface area contributed by atoms with E-state index < -0.39 is 11.7 Å². The maximum absolute atomic E-state index is 14.1. The van der Waals surface area contributed by atoms with Crippen molar-refractivity contribution in [1.82, 2.24) is 14.7 Å². The van der Waals surface area contributed by atoms with Gasteiger partial charge < -0.3 is 10.6 Å². The van der Waals surface area contributed by atoms with Crippen LogP contribution < -0.4 is 5.73 Å². The fourth-order valence-corrected chi connectivity index (χ4v) is 2.96. The van der Waals surface area contributed by atoms with Crippen molar-refractivity contribution >= 4 is 11.8 Å². The maximum atomic E-state index is 14.1. The highest BCUT2D eigenvalue weighted by Gasteiger charge is 2.22. The largest absolute Gasteiger partial charge is 0.370 e. The molecule has 0 atom stereocenters. The van der Waals surface area contributed by atoms with Gasteiger partial charge in [0.1, 0.15) is 11.5 Å². The molecule has 0 fully saturated rings. The summed E-state index contributed by atoms with van der Waals surface area (Å²) < 4.78 is 15.5. The zero-order valence-corrected chi connectivity index (χ0v) is 15.5. The van der Waals surface area contributed by atoms with E-state index in [4.69, 9.17) is 5.73 Å². The van der Waals surface area contributed by atoms with Crippen molar-refractivity contribution in [1.29, 1.82) is 0 Å². The van der Waals surface area contributed by atoms with Gasteiger partial charge in [-0.15, -0.1) is 0 Å². The summed E-state index contributed by atoms with van der Waals surface area (Å²) in [6.07, 6.45) is 1.48. The highest BCUT2D eigenvalue weighted by Crippen LogP contribution is 2.19. The van der Waals surface area contributed by atoms with Crippen molar-refractivity contribution < 1.29 is 14.0 Å². The van der Waals surface area contributed by atoms with Gasteiger partial charge in [-0.3, -0.25) is 9.59 Å². The van der Waals surface area contributed by atoms with E-state index in [1.807, 2.05) is 30.3 Å². The molecule has 0 aliphatic carbocycles. The van der Waals surface area contributed by atoms with Gasteiger partial charge in [0.05, 0.1) is 17.5 Å². The van der Waals surface area contributed by atoms with Crippen molar-refractivity contribution in [2.75, 3.05) is 6.54 Å². The molecule has 0 saturated carbocycles. The Kier molecular flexibility index (Phi) is 5.84. The van der Waals surface area contributed by atoms with Gasteiger partial charge in [0.2, 0.25) is 5.91 Å². The number of nitrogens with zero attached hydrogens (tertiary/aromatic N) is 3. The molecular formula is C21H21FN4O2. The molecule has 3 aromatic rings. The standard InChI is InChI=1S/C21H21FN4O2/c1-15-17(13-24-26(15)19-10-6-5-9-18(19)22)21(28)25(12-11-20(23)27)14-16-7-3-2-4-8-16/h2-10,13H,11-12,14H2,1H3,(H2,23,27). The lowest BCUT2D eigenvalue weighted by Crippen LogP contribution is -2.34. The predicted molar refractivity (Wildman–Crippen MR) is 103 cm³/mol. The molecule has 1 heterocycles. The first kappa shape index (κ1) is 19.3. The third-order valence-electron chi connectivity index (χ3n) is 4.45. The number of primary amides is 1. The normalized spacial score (nSPS) is 10.6.